The molecule has 0 aliphatic rings. The number of benzene rings is 2. The maximum absolute atomic E-state index is 13.5. The van der Waals surface area contributed by atoms with Crippen LogP contribution in [0.1, 0.15) is 30.5 Å². The van der Waals surface area contributed by atoms with Gasteiger partial charge in [0.25, 0.3) is 0 Å². The molecule has 0 unspecified atom stereocenters. The molecule has 2 rings (SSSR count). The first-order valence-electron chi connectivity index (χ1n) is 7.05. The summed E-state index contributed by atoms with van der Waals surface area (Å²) in [4.78, 5) is 0. The highest BCUT2D eigenvalue weighted by Crippen LogP contribution is 2.32. The first-order valence-corrected chi connectivity index (χ1v) is 7.05. The fraction of sp³-hybridized carbons (Fsp3) is 0.222. The quantitative estimate of drug-likeness (QED) is 0.801. The van der Waals surface area contributed by atoms with Crippen molar-refractivity contribution >= 4 is 12.2 Å². The maximum Gasteiger partial charge on any atom is 0.133 e. The molecular formula is C18H18F2O2. The van der Waals surface area contributed by atoms with Crippen molar-refractivity contribution < 1.29 is 19.0 Å². The molecule has 116 valence electrons. The topological polar surface area (TPSA) is 40.5 Å². The zero-order valence-corrected chi connectivity index (χ0v) is 12.5. The van der Waals surface area contributed by atoms with Gasteiger partial charge in [-0.1, -0.05) is 26.0 Å². The van der Waals surface area contributed by atoms with E-state index < -0.39 is 11.6 Å². The van der Waals surface area contributed by atoms with E-state index in [1.54, 1.807) is 0 Å². The molecule has 0 spiro atoms. The second-order valence-electron chi connectivity index (χ2n) is 5.60. The maximum atomic E-state index is 13.5. The van der Waals surface area contributed by atoms with Crippen LogP contribution in [0.4, 0.5) is 8.78 Å². The van der Waals surface area contributed by atoms with Crippen molar-refractivity contribution in [3.05, 3.63) is 58.7 Å². The Morgan fingerprint density at radius 2 is 1.55 bits per heavy atom. The summed E-state index contributed by atoms with van der Waals surface area (Å²) < 4.78 is 27.1. The SMILES string of the molecule is CC(C)Cc1c(O)cc(/C=C/c2c(F)cccc2F)cc1O. The zero-order valence-electron chi connectivity index (χ0n) is 12.5. The van der Waals surface area contributed by atoms with E-state index in [0.717, 1.165) is 0 Å². The van der Waals surface area contributed by atoms with Gasteiger partial charge in [0.05, 0.1) is 0 Å². The molecule has 2 aromatic rings. The molecule has 2 nitrogen and oxygen atoms in total. The molecule has 0 atom stereocenters. The number of hydrogen-bond donors (Lipinski definition) is 2. The Morgan fingerprint density at radius 3 is 2.05 bits per heavy atom. The Morgan fingerprint density at radius 1 is 1.00 bits per heavy atom. The normalized spacial score (nSPS) is 11.5. The van der Waals surface area contributed by atoms with E-state index in [9.17, 15) is 19.0 Å². The standard InChI is InChI=1S/C18H18F2O2/c1-11(2)8-14-17(21)9-12(10-18(14)22)6-7-13-15(19)4-3-5-16(13)20/h3-7,9-11,21-22H,8H2,1-2H3/b7-6+. The van der Waals surface area contributed by atoms with Crippen LogP contribution in [0, 0.1) is 17.6 Å². The first kappa shape index (κ1) is 16.0. The number of phenolic OH excluding ortho intramolecular Hbond substituents is 2. The number of phenols is 2. The van der Waals surface area contributed by atoms with Crippen molar-refractivity contribution in [1.82, 2.24) is 0 Å². The zero-order chi connectivity index (χ0) is 16.3. The van der Waals surface area contributed by atoms with Crippen molar-refractivity contribution in [3.63, 3.8) is 0 Å². The van der Waals surface area contributed by atoms with Crippen LogP contribution in [0.2, 0.25) is 0 Å². The van der Waals surface area contributed by atoms with E-state index in [1.807, 2.05) is 13.8 Å². The van der Waals surface area contributed by atoms with Crippen molar-refractivity contribution in [1.29, 1.82) is 0 Å². The molecule has 0 saturated carbocycles. The molecule has 0 radical (unpaired) electrons. The summed E-state index contributed by atoms with van der Waals surface area (Å²) in [5.74, 6) is -1.10. The van der Waals surface area contributed by atoms with E-state index >= 15 is 0 Å². The molecule has 0 bridgehead atoms. The Hall–Kier alpha value is -2.36. The average Bonchev–Trinajstić information content (AvgIpc) is 2.42. The van der Waals surface area contributed by atoms with Gasteiger partial charge in [-0.25, -0.2) is 8.78 Å². The van der Waals surface area contributed by atoms with Gasteiger partial charge >= 0.3 is 0 Å². The summed E-state index contributed by atoms with van der Waals surface area (Å²) in [6.07, 6.45) is 3.27. The number of rotatable bonds is 4. The largest absolute Gasteiger partial charge is 0.508 e. The lowest BCUT2D eigenvalue weighted by atomic mass is 9.99. The van der Waals surface area contributed by atoms with Gasteiger partial charge in [0.2, 0.25) is 0 Å². The summed E-state index contributed by atoms with van der Waals surface area (Å²) in [5, 5.41) is 20.0. The van der Waals surface area contributed by atoms with Gasteiger partial charge in [-0.05, 0) is 48.2 Å². The number of hydrogen-bond acceptors (Lipinski definition) is 2. The second-order valence-corrected chi connectivity index (χ2v) is 5.60. The van der Waals surface area contributed by atoms with E-state index in [4.69, 9.17) is 0 Å². The third-order valence-electron chi connectivity index (χ3n) is 3.28. The molecule has 0 aliphatic heterocycles. The summed E-state index contributed by atoms with van der Waals surface area (Å²) in [5.41, 5.74) is 0.780. The molecule has 0 amide bonds. The van der Waals surface area contributed by atoms with Crippen molar-refractivity contribution in [3.8, 4) is 11.5 Å². The van der Waals surface area contributed by atoms with Gasteiger partial charge in [-0.3, -0.25) is 0 Å². The van der Waals surface area contributed by atoms with Gasteiger partial charge < -0.3 is 10.2 Å². The molecule has 0 saturated heterocycles. The van der Waals surface area contributed by atoms with Crippen molar-refractivity contribution in [2.45, 2.75) is 20.3 Å². The minimum Gasteiger partial charge on any atom is -0.508 e. The Kier molecular flexibility index (Phi) is 4.81. The third-order valence-corrected chi connectivity index (χ3v) is 3.28. The number of aromatic hydroxyl groups is 2. The van der Waals surface area contributed by atoms with E-state index in [-0.39, 0.29) is 23.0 Å². The Bertz CT molecular complexity index is 663. The second kappa shape index (κ2) is 6.60. The van der Waals surface area contributed by atoms with Crippen LogP contribution >= 0.6 is 0 Å². The van der Waals surface area contributed by atoms with Crippen LogP contribution in [0.5, 0.6) is 11.5 Å². The van der Waals surface area contributed by atoms with Gasteiger partial charge in [0.15, 0.2) is 0 Å². The van der Waals surface area contributed by atoms with Crippen molar-refractivity contribution in [2.24, 2.45) is 5.92 Å². The highest BCUT2D eigenvalue weighted by atomic mass is 19.1. The summed E-state index contributed by atoms with van der Waals surface area (Å²) in [6, 6.07) is 6.56. The predicted molar refractivity (Wildman–Crippen MR) is 83.6 cm³/mol. The molecule has 2 aromatic carbocycles. The van der Waals surface area contributed by atoms with E-state index in [0.29, 0.717) is 17.5 Å². The molecule has 2 N–H and O–H groups in total. The lowest BCUT2D eigenvalue weighted by Crippen LogP contribution is -1.95. The minimum absolute atomic E-state index is 0.0256. The fourth-order valence-corrected chi connectivity index (χ4v) is 2.23. The smallest absolute Gasteiger partial charge is 0.133 e. The molecule has 22 heavy (non-hydrogen) atoms. The monoisotopic (exact) mass is 304 g/mol. The van der Waals surface area contributed by atoms with Crippen LogP contribution in [0.25, 0.3) is 12.2 Å². The molecule has 0 fully saturated rings. The Balaban J connectivity index is 2.33. The highest BCUT2D eigenvalue weighted by Gasteiger charge is 2.11. The molecule has 0 aromatic heterocycles. The lowest BCUT2D eigenvalue weighted by Gasteiger charge is -2.10. The Labute approximate surface area is 128 Å². The minimum atomic E-state index is -0.666. The van der Waals surface area contributed by atoms with Crippen LogP contribution in [-0.4, -0.2) is 10.2 Å². The first-order chi connectivity index (χ1) is 10.4. The van der Waals surface area contributed by atoms with Crippen LogP contribution in [0.15, 0.2) is 30.3 Å². The van der Waals surface area contributed by atoms with Gasteiger partial charge in [-0.15, -0.1) is 0 Å². The molecule has 0 aliphatic carbocycles. The van der Waals surface area contributed by atoms with Crippen LogP contribution in [0.3, 0.4) is 0 Å². The van der Waals surface area contributed by atoms with Crippen molar-refractivity contribution in [2.75, 3.05) is 0 Å². The van der Waals surface area contributed by atoms with Gasteiger partial charge in [0, 0.05) is 11.1 Å². The third kappa shape index (κ3) is 3.64. The summed E-state index contributed by atoms with van der Waals surface area (Å²) >= 11 is 0. The summed E-state index contributed by atoms with van der Waals surface area (Å²) in [7, 11) is 0. The number of halogens is 2. The summed E-state index contributed by atoms with van der Waals surface area (Å²) in [6.45, 7) is 3.96. The van der Waals surface area contributed by atoms with E-state index in [2.05, 4.69) is 0 Å². The van der Waals surface area contributed by atoms with Crippen LogP contribution < -0.4 is 0 Å². The van der Waals surface area contributed by atoms with Crippen LogP contribution in [-0.2, 0) is 6.42 Å². The fourth-order valence-electron chi connectivity index (χ4n) is 2.23. The average molecular weight is 304 g/mol. The molecule has 0 heterocycles. The van der Waals surface area contributed by atoms with Gasteiger partial charge in [0.1, 0.15) is 23.1 Å². The predicted octanol–water partition coefficient (Wildman–Crippen LogP) is 4.74. The van der Waals surface area contributed by atoms with Gasteiger partial charge in [-0.2, -0.15) is 0 Å². The van der Waals surface area contributed by atoms with E-state index in [1.165, 1.54) is 42.5 Å². The molecule has 4 heteroatoms. The lowest BCUT2D eigenvalue weighted by molar-refractivity contribution is 0.430. The molecular weight excluding hydrogens is 286 g/mol. The highest BCUT2D eigenvalue weighted by molar-refractivity contribution is 5.72.